The summed E-state index contributed by atoms with van der Waals surface area (Å²) >= 11 is 3.26. The molecule has 0 radical (unpaired) electrons. The first kappa shape index (κ1) is 7.32. The average molecular weight is 222 g/mol. The highest BCUT2D eigenvalue weighted by atomic mass is 79.9. The van der Waals surface area contributed by atoms with Crippen molar-refractivity contribution >= 4 is 21.6 Å². The van der Waals surface area contributed by atoms with Crippen molar-refractivity contribution in [3.8, 4) is 6.07 Å². The molecule has 2 aromatic rings. The number of imidazole rings is 1. The number of fused-ring (bicyclic) bond motifs is 1. The van der Waals surface area contributed by atoms with Gasteiger partial charge in [-0.15, -0.1) is 0 Å². The number of hydrogen-bond donors (Lipinski definition) is 0. The van der Waals surface area contributed by atoms with Crippen LogP contribution in [0, 0.1) is 11.3 Å². The van der Waals surface area contributed by atoms with Gasteiger partial charge >= 0.3 is 0 Å². The molecule has 2 heterocycles. The number of rotatable bonds is 0. The summed E-state index contributed by atoms with van der Waals surface area (Å²) < 4.78 is 2.63. The third-order valence-electron chi connectivity index (χ3n) is 1.56. The van der Waals surface area contributed by atoms with Gasteiger partial charge in [0.05, 0.1) is 11.6 Å². The van der Waals surface area contributed by atoms with E-state index in [0.29, 0.717) is 5.56 Å². The second-order valence-electron chi connectivity index (χ2n) is 2.36. The predicted molar refractivity (Wildman–Crippen MR) is 47.6 cm³/mol. The van der Waals surface area contributed by atoms with Crippen LogP contribution in [0.5, 0.6) is 0 Å². The highest BCUT2D eigenvalue weighted by molar-refractivity contribution is 9.10. The van der Waals surface area contributed by atoms with E-state index in [2.05, 4.69) is 27.0 Å². The van der Waals surface area contributed by atoms with Gasteiger partial charge in [-0.3, -0.25) is 0 Å². The van der Waals surface area contributed by atoms with Crippen LogP contribution in [0.25, 0.3) is 5.65 Å². The molecule has 4 heteroatoms. The van der Waals surface area contributed by atoms with Crippen molar-refractivity contribution in [2.75, 3.05) is 0 Å². The smallest absolute Gasteiger partial charge is 0.139 e. The Labute approximate surface area is 77.4 Å². The van der Waals surface area contributed by atoms with Crippen LogP contribution >= 0.6 is 15.9 Å². The molecule has 0 aromatic carbocycles. The van der Waals surface area contributed by atoms with Gasteiger partial charge in [0.2, 0.25) is 0 Å². The van der Waals surface area contributed by atoms with E-state index in [1.165, 1.54) is 0 Å². The Morgan fingerprint density at radius 3 is 3.17 bits per heavy atom. The van der Waals surface area contributed by atoms with E-state index in [1.54, 1.807) is 12.1 Å². The molecule has 0 spiro atoms. The molecule has 0 bridgehead atoms. The molecule has 2 rings (SSSR count). The summed E-state index contributed by atoms with van der Waals surface area (Å²) in [4.78, 5) is 4.15. The predicted octanol–water partition coefficient (Wildman–Crippen LogP) is 1.97. The van der Waals surface area contributed by atoms with Crippen molar-refractivity contribution in [1.82, 2.24) is 9.38 Å². The zero-order valence-electron chi connectivity index (χ0n) is 6.03. The number of hydrogen-bond acceptors (Lipinski definition) is 2. The van der Waals surface area contributed by atoms with Crippen molar-refractivity contribution in [1.29, 1.82) is 5.26 Å². The van der Waals surface area contributed by atoms with Crippen molar-refractivity contribution < 1.29 is 0 Å². The number of nitriles is 1. The van der Waals surface area contributed by atoms with Crippen molar-refractivity contribution in [3.05, 3.63) is 34.7 Å². The molecule has 12 heavy (non-hydrogen) atoms. The summed E-state index contributed by atoms with van der Waals surface area (Å²) in [5, 5.41) is 8.61. The Balaban J connectivity index is 2.77. The minimum atomic E-state index is 0.626. The normalized spacial score (nSPS) is 10.0. The van der Waals surface area contributed by atoms with Crippen LogP contribution in [0.4, 0.5) is 0 Å². The fourth-order valence-electron chi connectivity index (χ4n) is 1.02. The number of halogens is 1. The molecule has 2 aromatic heterocycles. The number of nitrogens with zero attached hydrogens (tertiary/aromatic N) is 3. The third kappa shape index (κ3) is 1.08. The standard InChI is InChI=1S/C8H4BrN3/c9-7-5-12-2-1-6(4-10)3-8(12)11-7/h1-3,5H. The van der Waals surface area contributed by atoms with Gasteiger partial charge in [-0.25, -0.2) is 4.98 Å². The monoisotopic (exact) mass is 221 g/mol. The first-order valence-electron chi connectivity index (χ1n) is 3.34. The highest BCUT2D eigenvalue weighted by Crippen LogP contribution is 2.11. The molecule has 58 valence electrons. The van der Waals surface area contributed by atoms with Crippen LogP contribution in [-0.4, -0.2) is 9.38 Å². The van der Waals surface area contributed by atoms with Crippen LogP contribution in [0.1, 0.15) is 5.56 Å². The fraction of sp³-hybridized carbons (Fsp3) is 0. The minimum Gasteiger partial charge on any atom is -0.306 e. The summed E-state index contributed by atoms with van der Waals surface area (Å²) in [5.74, 6) is 0. The Hall–Kier alpha value is -1.34. The van der Waals surface area contributed by atoms with E-state index in [0.717, 1.165) is 10.3 Å². The van der Waals surface area contributed by atoms with E-state index < -0.39 is 0 Å². The lowest BCUT2D eigenvalue weighted by molar-refractivity contribution is 1.18. The molecule has 0 unspecified atom stereocenters. The van der Waals surface area contributed by atoms with Crippen LogP contribution in [-0.2, 0) is 0 Å². The number of pyridine rings is 1. The quantitative estimate of drug-likeness (QED) is 0.683. The molecule has 0 saturated carbocycles. The van der Waals surface area contributed by atoms with E-state index in [9.17, 15) is 0 Å². The van der Waals surface area contributed by atoms with Gasteiger partial charge in [0, 0.05) is 12.4 Å². The summed E-state index contributed by atoms with van der Waals surface area (Å²) in [7, 11) is 0. The molecule has 0 aliphatic rings. The summed E-state index contributed by atoms with van der Waals surface area (Å²) in [5.41, 5.74) is 1.40. The van der Waals surface area contributed by atoms with Crippen molar-refractivity contribution in [2.24, 2.45) is 0 Å². The van der Waals surface area contributed by atoms with Gasteiger partial charge in [0.25, 0.3) is 0 Å². The molecular weight excluding hydrogens is 218 g/mol. The van der Waals surface area contributed by atoms with Gasteiger partial charge < -0.3 is 4.40 Å². The third-order valence-corrected chi connectivity index (χ3v) is 1.94. The number of aromatic nitrogens is 2. The molecule has 0 N–H and O–H groups in total. The largest absolute Gasteiger partial charge is 0.306 e. The molecule has 0 aliphatic carbocycles. The van der Waals surface area contributed by atoms with Crippen LogP contribution in [0.3, 0.4) is 0 Å². The maximum atomic E-state index is 8.61. The Morgan fingerprint density at radius 2 is 2.42 bits per heavy atom. The lowest BCUT2D eigenvalue weighted by atomic mass is 10.3. The van der Waals surface area contributed by atoms with Crippen molar-refractivity contribution in [3.63, 3.8) is 0 Å². The molecule has 0 amide bonds. The van der Waals surface area contributed by atoms with Gasteiger partial charge in [-0.1, -0.05) is 0 Å². The zero-order valence-corrected chi connectivity index (χ0v) is 7.62. The van der Waals surface area contributed by atoms with Gasteiger partial charge in [0.15, 0.2) is 0 Å². The SMILES string of the molecule is N#Cc1ccn2cc(Br)nc2c1. The van der Waals surface area contributed by atoms with E-state index in [4.69, 9.17) is 5.26 Å². The molecule has 0 fully saturated rings. The second kappa shape index (κ2) is 2.61. The first-order chi connectivity index (χ1) is 5.79. The highest BCUT2D eigenvalue weighted by Gasteiger charge is 1.98. The Bertz CT molecular complexity index is 467. The summed E-state index contributed by atoms with van der Waals surface area (Å²) in [6.45, 7) is 0. The maximum absolute atomic E-state index is 8.61. The fourth-order valence-corrected chi connectivity index (χ4v) is 1.42. The minimum absolute atomic E-state index is 0.626. The molecule has 0 atom stereocenters. The van der Waals surface area contributed by atoms with Crippen LogP contribution in [0.15, 0.2) is 29.1 Å². The van der Waals surface area contributed by atoms with Crippen LogP contribution < -0.4 is 0 Å². The van der Waals surface area contributed by atoms with E-state index >= 15 is 0 Å². The maximum Gasteiger partial charge on any atom is 0.139 e. The second-order valence-corrected chi connectivity index (χ2v) is 3.17. The Kier molecular flexibility index (Phi) is 1.59. The van der Waals surface area contributed by atoms with Gasteiger partial charge in [-0.2, -0.15) is 5.26 Å². The summed E-state index contributed by atoms with van der Waals surface area (Å²) in [6, 6.07) is 5.55. The molecular formula is C8H4BrN3. The van der Waals surface area contributed by atoms with E-state index in [1.807, 2.05) is 16.8 Å². The van der Waals surface area contributed by atoms with Gasteiger partial charge in [-0.05, 0) is 28.1 Å². The molecule has 0 saturated heterocycles. The van der Waals surface area contributed by atoms with Gasteiger partial charge in [0.1, 0.15) is 10.3 Å². The average Bonchev–Trinajstić information content (AvgIpc) is 2.43. The van der Waals surface area contributed by atoms with Crippen LogP contribution in [0.2, 0.25) is 0 Å². The lowest BCUT2D eigenvalue weighted by Gasteiger charge is -1.90. The first-order valence-corrected chi connectivity index (χ1v) is 4.13. The molecule has 3 nitrogen and oxygen atoms in total. The lowest BCUT2D eigenvalue weighted by Crippen LogP contribution is -1.82. The Morgan fingerprint density at radius 1 is 1.58 bits per heavy atom. The summed E-state index contributed by atoms with van der Waals surface area (Å²) in [6.07, 6.45) is 3.65. The zero-order chi connectivity index (χ0) is 8.55. The molecule has 0 aliphatic heterocycles. The topological polar surface area (TPSA) is 41.1 Å². The van der Waals surface area contributed by atoms with E-state index in [-0.39, 0.29) is 0 Å². The van der Waals surface area contributed by atoms with Crippen molar-refractivity contribution in [2.45, 2.75) is 0 Å².